The first-order valence-electron chi connectivity index (χ1n) is 12.5. The summed E-state index contributed by atoms with van der Waals surface area (Å²) in [5.74, 6) is 1.17. The van der Waals surface area contributed by atoms with Crippen LogP contribution >= 0.6 is 23.2 Å². The normalized spacial score (nSPS) is 15.4. The van der Waals surface area contributed by atoms with E-state index in [0.717, 1.165) is 54.5 Å². The molecule has 0 amide bonds. The number of fused-ring (bicyclic) bond motifs is 1. The highest BCUT2D eigenvalue weighted by Gasteiger charge is 2.23. The van der Waals surface area contributed by atoms with Gasteiger partial charge in [-0.15, -0.1) is 0 Å². The fourth-order valence-electron chi connectivity index (χ4n) is 4.85. The van der Waals surface area contributed by atoms with Gasteiger partial charge in [0, 0.05) is 42.0 Å². The molecule has 10 heteroatoms. The number of hydrogen-bond donors (Lipinski definition) is 2. The molecular weight excluding hydrogens is 523 g/mol. The van der Waals surface area contributed by atoms with Crippen LogP contribution in [0.5, 0.6) is 11.5 Å². The summed E-state index contributed by atoms with van der Waals surface area (Å²) in [4.78, 5) is 6.37. The molecule has 1 aliphatic rings. The highest BCUT2D eigenvalue weighted by Crippen LogP contribution is 2.36. The lowest BCUT2D eigenvalue weighted by atomic mass is 10.0. The van der Waals surface area contributed by atoms with Crippen molar-refractivity contribution in [1.29, 1.82) is 5.26 Å². The summed E-state index contributed by atoms with van der Waals surface area (Å²) < 4.78 is 12.3. The van der Waals surface area contributed by atoms with Crippen LogP contribution in [0.4, 0.5) is 0 Å². The van der Waals surface area contributed by atoms with Gasteiger partial charge in [0.1, 0.15) is 29.4 Å². The molecule has 0 aliphatic carbocycles. The summed E-state index contributed by atoms with van der Waals surface area (Å²) in [6, 6.07) is 11.7. The number of benzene rings is 2. The topological polar surface area (TPSA) is 113 Å². The molecule has 0 unspecified atom stereocenters. The Morgan fingerprint density at radius 1 is 1.18 bits per heavy atom. The van der Waals surface area contributed by atoms with Gasteiger partial charge in [0.25, 0.3) is 0 Å². The third-order valence-corrected chi connectivity index (χ3v) is 7.51. The Kier molecular flexibility index (Phi) is 7.73. The first-order chi connectivity index (χ1) is 18.4. The van der Waals surface area contributed by atoms with Crippen LogP contribution in [0, 0.1) is 18.3 Å². The van der Waals surface area contributed by atoms with E-state index in [-0.39, 0.29) is 6.10 Å². The minimum Gasteiger partial charge on any atom is -0.489 e. The molecule has 2 aromatic carbocycles. The van der Waals surface area contributed by atoms with Gasteiger partial charge in [0.05, 0.1) is 21.1 Å². The SMILES string of the molecule is CCN1CCC(Oc2c(C)cc(-c3n[nH]c4ccc(O[C@H](N)c5c(Cl)cncc5Cl)cc34)cc2C#N)CC1. The molecule has 1 saturated heterocycles. The fourth-order valence-corrected chi connectivity index (χ4v) is 5.43. The van der Waals surface area contributed by atoms with Crippen molar-refractivity contribution in [1.82, 2.24) is 20.1 Å². The molecule has 38 heavy (non-hydrogen) atoms. The summed E-state index contributed by atoms with van der Waals surface area (Å²) in [5, 5.41) is 19.0. The summed E-state index contributed by atoms with van der Waals surface area (Å²) in [6.07, 6.45) is 4.06. The van der Waals surface area contributed by atoms with E-state index in [1.54, 1.807) is 6.07 Å². The number of aromatic nitrogens is 3. The Labute approximate surface area is 231 Å². The van der Waals surface area contributed by atoms with Crippen molar-refractivity contribution in [3.63, 3.8) is 0 Å². The van der Waals surface area contributed by atoms with Crippen molar-refractivity contribution in [2.45, 2.75) is 39.0 Å². The van der Waals surface area contributed by atoms with Crippen LogP contribution in [0.25, 0.3) is 22.2 Å². The lowest BCUT2D eigenvalue weighted by Crippen LogP contribution is -2.38. The Balaban J connectivity index is 1.43. The van der Waals surface area contributed by atoms with E-state index in [9.17, 15) is 5.26 Å². The molecule has 8 nitrogen and oxygen atoms in total. The molecule has 1 aliphatic heterocycles. The lowest BCUT2D eigenvalue weighted by Gasteiger charge is -2.31. The van der Waals surface area contributed by atoms with E-state index in [0.29, 0.717) is 38.4 Å². The van der Waals surface area contributed by atoms with Crippen LogP contribution < -0.4 is 15.2 Å². The molecule has 2 aromatic heterocycles. The number of ether oxygens (including phenoxy) is 2. The number of nitrogens with one attached hydrogen (secondary N) is 1. The summed E-state index contributed by atoms with van der Waals surface area (Å²) in [5.41, 5.74) is 10.4. The molecule has 196 valence electrons. The van der Waals surface area contributed by atoms with Gasteiger partial charge in [-0.25, -0.2) is 0 Å². The van der Waals surface area contributed by atoms with Crippen LogP contribution in [-0.2, 0) is 0 Å². The third-order valence-electron chi connectivity index (χ3n) is 6.91. The largest absolute Gasteiger partial charge is 0.489 e. The zero-order chi connectivity index (χ0) is 26.8. The quantitative estimate of drug-likeness (QED) is 0.271. The average Bonchev–Trinajstić information content (AvgIpc) is 3.33. The molecule has 0 radical (unpaired) electrons. The second-order valence-corrected chi connectivity index (χ2v) is 10.2. The molecular formula is C28H28Cl2N6O2. The van der Waals surface area contributed by atoms with Gasteiger partial charge in [-0.3, -0.25) is 15.8 Å². The Morgan fingerprint density at radius 3 is 2.61 bits per heavy atom. The maximum Gasteiger partial charge on any atom is 0.177 e. The first-order valence-corrected chi connectivity index (χ1v) is 13.3. The molecule has 3 heterocycles. The van der Waals surface area contributed by atoms with Gasteiger partial charge < -0.3 is 14.4 Å². The third kappa shape index (κ3) is 5.29. The van der Waals surface area contributed by atoms with Crippen molar-refractivity contribution < 1.29 is 9.47 Å². The molecule has 0 bridgehead atoms. The maximum atomic E-state index is 9.96. The number of piperidine rings is 1. The van der Waals surface area contributed by atoms with Crippen LogP contribution in [0.2, 0.25) is 10.0 Å². The van der Waals surface area contributed by atoms with Crippen LogP contribution in [0.1, 0.15) is 42.7 Å². The van der Waals surface area contributed by atoms with Crippen molar-refractivity contribution in [3.8, 4) is 28.8 Å². The number of H-pyrrole nitrogens is 1. The van der Waals surface area contributed by atoms with Crippen molar-refractivity contribution in [2.24, 2.45) is 5.73 Å². The molecule has 0 spiro atoms. The predicted octanol–water partition coefficient (Wildman–Crippen LogP) is 6.01. The Hall–Kier alpha value is -3.35. The molecule has 5 rings (SSSR count). The molecule has 1 fully saturated rings. The molecule has 0 saturated carbocycles. The summed E-state index contributed by atoms with van der Waals surface area (Å²) >= 11 is 12.5. The van der Waals surface area contributed by atoms with E-state index >= 15 is 0 Å². The second kappa shape index (κ2) is 11.2. The van der Waals surface area contributed by atoms with E-state index in [1.807, 2.05) is 31.2 Å². The highest BCUT2D eigenvalue weighted by atomic mass is 35.5. The van der Waals surface area contributed by atoms with Crippen LogP contribution in [-0.4, -0.2) is 45.8 Å². The fraction of sp³-hybridized carbons (Fsp3) is 0.321. The number of nitrogens with zero attached hydrogens (tertiary/aromatic N) is 4. The molecule has 3 N–H and O–H groups in total. The zero-order valence-corrected chi connectivity index (χ0v) is 22.7. The second-order valence-electron chi connectivity index (χ2n) is 9.37. The van der Waals surface area contributed by atoms with Gasteiger partial charge in [-0.05, 0) is 62.2 Å². The number of halogens is 2. The van der Waals surface area contributed by atoms with Crippen molar-refractivity contribution in [3.05, 3.63) is 69.5 Å². The van der Waals surface area contributed by atoms with Gasteiger partial charge in [-0.1, -0.05) is 30.1 Å². The Morgan fingerprint density at radius 2 is 1.92 bits per heavy atom. The monoisotopic (exact) mass is 550 g/mol. The number of aromatic amines is 1. The highest BCUT2D eigenvalue weighted by molar-refractivity contribution is 6.35. The van der Waals surface area contributed by atoms with Gasteiger partial charge >= 0.3 is 0 Å². The Bertz CT molecular complexity index is 1490. The van der Waals surface area contributed by atoms with Gasteiger partial charge in [0.15, 0.2) is 6.23 Å². The number of nitriles is 1. The number of hydrogen-bond acceptors (Lipinski definition) is 7. The van der Waals surface area contributed by atoms with E-state index < -0.39 is 6.23 Å². The van der Waals surface area contributed by atoms with E-state index in [2.05, 4.69) is 33.1 Å². The summed E-state index contributed by atoms with van der Waals surface area (Å²) in [6.45, 7) is 7.20. The smallest absolute Gasteiger partial charge is 0.177 e. The molecule has 1 atom stereocenters. The van der Waals surface area contributed by atoms with E-state index in [4.69, 9.17) is 38.4 Å². The first kappa shape index (κ1) is 26.3. The van der Waals surface area contributed by atoms with Crippen LogP contribution in [0.15, 0.2) is 42.7 Å². The number of nitrogens with two attached hydrogens (primary N) is 1. The lowest BCUT2D eigenvalue weighted by molar-refractivity contribution is 0.103. The number of pyridine rings is 1. The zero-order valence-electron chi connectivity index (χ0n) is 21.2. The van der Waals surface area contributed by atoms with Crippen molar-refractivity contribution >= 4 is 34.1 Å². The molecule has 4 aromatic rings. The minimum atomic E-state index is -0.890. The maximum absolute atomic E-state index is 9.96. The minimum absolute atomic E-state index is 0.104. The number of rotatable bonds is 7. The van der Waals surface area contributed by atoms with Crippen molar-refractivity contribution in [2.75, 3.05) is 19.6 Å². The van der Waals surface area contributed by atoms with Crippen LogP contribution in [0.3, 0.4) is 0 Å². The number of aryl methyl sites for hydroxylation is 1. The standard InChI is InChI=1S/C28H28Cl2N6O2/c1-3-36-8-6-19(7-9-36)37-27-16(2)10-17(11-18(27)13-31)26-21-12-20(4-5-24(21)34-35-26)38-28(32)25-22(29)14-33-15-23(25)30/h4-5,10-12,14-15,19,28H,3,6-9,32H2,1-2H3,(H,34,35)/t28-/m0/s1. The predicted molar refractivity (Wildman–Crippen MR) is 149 cm³/mol. The van der Waals surface area contributed by atoms with Gasteiger partial charge in [-0.2, -0.15) is 10.4 Å². The van der Waals surface area contributed by atoms with Gasteiger partial charge in [0.2, 0.25) is 0 Å². The summed E-state index contributed by atoms with van der Waals surface area (Å²) in [7, 11) is 0. The van der Waals surface area contributed by atoms with E-state index in [1.165, 1.54) is 12.4 Å². The number of likely N-dealkylation sites (tertiary alicyclic amines) is 1. The average molecular weight is 551 g/mol.